The second-order valence-corrected chi connectivity index (χ2v) is 7.06. The molecule has 1 aliphatic rings. The number of anilines is 1. The van der Waals surface area contributed by atoms with Crippen molar-refractivity contribution in [1.82, 2.24) is 14.9 Å². The molecule has 4 rings (SSSR count). The average Bonchev–Trinajstić information content (AvgIpc) is 3.05. The number of benzene rings is 1. The highest BCUT2D eigenvalue weighted by atomic mass is 16.2. The van der Waals surface area contributed by atoms with Gasteiger partial charge in [0.2, 0.25) is 5.91 Å². The minimum absolute atomic E-state index is 0.0364. The fourth-order valence-electron chi connectivity index (χ4n) is 3.64. The largest absolute Gasteiger partial charge is 0.350 e. The van der Waals surface area contributed by atoms with E-state index in [2.05, 4.69) is 15.3 Å². The summed E-state index contributed by atoms with van der Waals surface area (Å²) in [6.45, 7) is 4.43. The number of aromatic amines is 1. The summed E-state index contributed by atoms with van der Waals surface area (Å²) >= 11 is 0. The lowest BCUT2D eigenvalue weighted by molar-refractivity contribution is -0.122. The van der Waals surface area contributed by atoms with E-state index in [0.717, 1.165) is 28.6 Å². The van der Waals surface area contributed by atoms with Crippen LogP contribution in [0.2, 0.25) is 0 Å². The van der Waals surface area contributed by atoms with Crippen molar-refractivity contribution < 1.29 is 9.59 Å². The van der Waals surface area contributed by atoms with Crippen molar-refractivity contribution in [2.75, 3.05) is 5.32 Å². The number of nitrogens with zero attached hydrogens (tertiary/aromatic N) is 2. The molecule has 0 fully saturated rings. The molecule has 2 N–H and O–H groups in total. The zero-order valence-corrected chi connectivity index (χ0v) is 15.4. The third-order valence-electron chi connectivity index (χ3n) is 5.32. The van der Waals surface area contributed by atoms with E-state index in [9.17, 15) is 9.59 Å². The highest BCUT2D eigenvalue weighted by molar-refractivity contribution is 6.03. The van der Waals surface area contributed by atoms with Crippen molar-refractivity contribution in [3.05, 3.63) is 60.0 Å². The van der Waals surface area contributed by atoms with E-state index in [1.165, 1.54) is 0 Å². The monoisotopic (exact) mass is 362 g/mol. The maximum absolute atomic E-state index is 13.4. The van der Waals surface area contributed by atoms with Crippen LogP contribution in [0.1, 0.15) is 36.3 Å². The van der Waals surface area contributed by atoms with E-state index in [1.807, 2.05) is 44.2 Å². The fourth-order valence-corrected chi connectivity index (χ4v) is 3.64. The molecule has 0 saturated carbocycles. The molecule has 0 aliphatic carbocycles. The number of H-pyrrole nitrogens is 1. The molecule has 1 aliphatic heterocycles. The van der Waals surface area contributed by atoms with Crippen molar-refractivity contribution >= 4 is 28.4 Å². The van der Waals surface area contributed by atoms with Gasteiger partial charge in [-0.1, -0.05) is 38.5 Å². The highest BCUT2D eigenvalue weighted by Gasteiger charge is 2.37. The molecular formula is C21H22N4O2. The fraction of sp³-hybridized carbons (Fsp3) is 0.286. The van der Waals surface area contributed by atoms with Crippen LogP contribution in [-0.2, 0) is 11.3 Å². The number of rotatable bonds is 3. The number of pyridine rings is 1. The minimum atomic E-state index is -0.528. The third-order valence-corrected chi connectivity index (χ3v) is 5.32. The van der Waals surface area contributed by atoms with Gasteiger partial charge < -0.3 is 15.2 Å². The zero-order valence-electron chi connectivity index (χ0n) is 15.4. The van der Waals surface area contributed by atoms with Gasteiger partial charge in [0.15, 0.2) is 0 Å². The maximum atomic E-state index is 13.4. The summed E-state index contributed by atoms with van der Waals surface area (Å²) in [7, 11) is 0. The molecule has 0 spiro atoms. The smallest absolute Gasteiger partial charge is 0.271 e. The summed E-state index contributed by atoms with van der Waals surface area (Å²) < 4.78 is 0. The number of carbonyl (C=O) groups excluding carboxylic acids is 2. The number of carbonyl (C=O) groups is 2. The Morgan fingerprint density at radius 2 is 2.15 bits per heavy atom. The zero-order chi connectivity index (χ0) is 19.0. The average molecular weight is 362 g/mol. The maximum Gasteiger partial charge on any atom is 0.271 e. The molecule has 2 amide bonds. The molecule has 27 heavy (non-hydrogen) atoms. The first-order valence-electron chi connectivity index (χ1n) is 9.21. The lowest BCUT2D eigenvalue weighted by atomic mass is 9.96. The van der Waals surface area contributed by atoms with Gasteiger partial charge in [0.1, 0.15) is 11.7 Å². The van der Waals surface area contributed by atoms with Crippen LogP contribution in [0.15, 0.2) is 48.8 Å². The number of nitrogens with one attached hydrogen (secondary N) is 2. The number of hydrogen-bond donors (Lipinski definition) is 2. The summed E-state index contributed by atoms with van der Waals surface area (Å²) in [4.78, 5) is 35.3. The Balaban J connectivity index is 1.77. The Bertz CT molecular complexity index is 977. The predicted molar refractivity (Wildman–Crippen MR) is 104 cm³/mol. The Morgan fingerprint density at radius 3 is 2.93 bits per heavy atom. The lowest BCUT2D eigenvalue weighted by Gasteiger charge is -2.32. The SMILES string of the molecule is CC[C@H](C)[C@H]1C(=O)Nc2ccccc2CN1C(=O)c1cc2cnccc2[nH]1. The van der Waals surface area contributed by atoms with Gasteiger partial charge in [-0.3, -0.25) is 14.6 Å². The van der Waals surface area contributed by atoms with Crippen LogP contribution in [0, 0.1) is 5.92 Å². The number of amides is 2. The molecular weight excluding hydrogens is 340 g/mol. The molecule has 0 bridgehead atoms. The highest BCUT2D eigenvalue weighted by Crippen LogP contribution is 2.29. The van der Waals surface area contributed by atoms with Crippen molar-refractivity contribution in [3.63, 3.8) is 0 Å². The number of fused-ring (bicyclic) bond motifs is 2. The summed E-state index contributed by atoms with van der Waals surface area (Å²) in [5.74, 6) is -0.280. The van der Waals surface area contributed by atoms with E-state index in [1.54, 1.807) is 23.4 Å². The van der Waals surface area contributed by atoms with Gasteiger partial charge >= 0.3 is 0 Å². The van der Waals surface area contributed by atoms with Crippen molar-refractivity contribution in [3.8, 4) is 0 Å². The molecule has 2 atom stereocenters. The normalized spacial score (nSPS) is 17.9. The van der Waals surface area contributed by atoms with Crippen LogP contribution in [-0.4, -0.2) is 32.7 Å². The predicted octanol–water partition coefficient (Wildman–Crippen LogP) is 3.57. The van der Waals surface area contributed by atoms with Crippen molar-refractivity contribution in [1.29, 1.82) is 0 Å². The Hall–Kier alpha value is -3.15. The molecule has 0 saturated heterocycles. The van der Waals surface area contributed by atoms with Gasteiger partial charge in [-0.15, -0.1) is 0 Å². The second kappa shape index (κ2) is 6.87. The standard InChI is InChI=1S/C21H22N4O2/c1-3-13(2)19-20(26)24-16-7-5-4-6-14(16)12-25(19)21(27)18-10-15-11-22-9-8-17(15)23-18/h4-11,13,19,23H,3,12H2,1-2H3,(H,24,26)/t13-,19-/m0/s1. The Morgan fingerprint density at radius 1 is 1.33 bits per heavy atom. The summed E-state index contributed by atoms with van der Waals surface area (Å²) in [6, 6.07) is 10.7. The summed E-state index contributed by atoms with van der Waals surface area (Å²) in [5.41, 5.74) is 3.03. The minimum Gasteiger partial charge on any atom is -0.350 e. The van der Waals surface area contributed by atoms with E-state index in [4.69, 9.17) is 0 Å². The number of aromatic nitrogens is 2. The molecule has 138 valence electrons. The summed E-state index contributed by atoms with van der Waals surface area (Å²) in [5, 5.41) is 3.87. The molecule has 6 nitrogen and oxygen atoms in total. The Kier molecular flexibility index (Phi) is 4.39. The lowest BCUT2D eigenvalue weighted by Crippen LogP contribution is -2.49. The van der Waals surface area contributed by atoms with Crippen LogP contribution < -0.4 is 5.32 Å². The van der Waals surface area contributed by atoms with E-state index in [-0.39, 0.29) is 17.7 Å². The second-order valence-electron chi connectivity index (χ2n) is 7.06. The van der Waals surface area contributed by atoms with Gasteiger partial charge in [-0.05, 0) is 29.7 Å². The van der Waals surface area contributed by atoms with Gasteiger partial charge in [0.25, 0.3) is 5.91 Å². The molecule has 3 aromatic rings. The van der Waals surface area contributed by atoms with E-state index < -0.39 is 6.04 Å². The Labute approximate surface area is 157 Å². The van der Waals surface area contributed by atoms with Crippen molar-refractivity contribution in [2.45, 2.75) is 32.9 Å². The topological polar surface area (TPSA) is 78.1 Å². The third kappa shape index (κ3) is 3.07. The van der Waals surface area contributed by atoms with Gasteiger partial charge in [0, 0.05) is 35.5 Å². The van der Waals surface area contributed by atoms with Crippen LogP contribution in [0.25, 0.3) is 10.9 Å². The number of hydrogen-bond acceptors (Lipinski definition) is 3. The first kappa shape index (κ1) is 17.3. The van der Waals surface area contributed by atoms with Crippen LogP contribution in [0.5, 0.6) is 0 Å². The first-order chi connectivity index (χ1) is 13.1. The van der Waals surface area contributed by atoms with Gasteiger partial charge in [0.05, 0.1) is 0 Å². The van der Waals surface area contributed by atoms with Crippen LogP contribution >= 0.6 is 0 Å². The van der Waals surface area contributed by atoms with E-state index in [0.29, 0.717) is 12.2 Å². The number of para-hydroxylation sites is 1. The quantitative estimate of drug-likeness (QED) is 0.748. The molecule has 0 radical (unpaired) electrons. The molecule has 1 aromatic carbocycles. The molecule has 6 heteroatoms. The molecule has 0 unspecified atom stereocenters. The van der Waals surface area contributed by atoms with Crippen LogP contribution in [0.4, 0.5) is 5.69 Å². The molecule has 3 heterocycles. The summed E-state index contributed by atoms with van der Waals surface area (Å²) in [6.07, 6.45) is 4.21. The van der Waals surface area contributed by atoms with Gasteiger partial charge in [-0.25, -0.2) is 0 Å². The van der Waals surface area contributed by atoms with Gasteiger partial charge in [-0.2, -0.15) is 0 Å². The first-order valence-corrected chi connectivity index (χ1v) is 9.21. The van der Waals surface area contributed by atoms with E-state index >= 15 is 0 Å². The van der Waals surface area contributed by atoms with Crippen LogP contribution in [0.3, 0.4) is 0 Å². The van der Waals surface area contributed by atoms with Crippen molar-refractivity contribution in [2.24, 2.45) is 5.92 Å². The molecule has 2 aromatic heterocycles.